The first-order valence-corrected chi connectivity index (χ1v) is 10.3. The van der Waals surface area contributed by atoms with Crippen molar-refractivity contribution in [2.24, 2.45) is 7.05 Å². The average molecular weight is 421 g/mol. The molecule has 9 heteroatoms. The fraction of sp³-hybridized carbons (Fsp3) is 0.318. The summed E-state index contributed by atoms with van der Waals surface area (Å²) >= 11 is 0. The molecule has 4 heterocycles. The quantitative estimate of drug-likeness (QED) is 0.532. The van der Waals surface area contributed by atoms with Crippen LogP contribution in [0, 0.1) is 12.7 Å². The van der Waals surface area contributed by atoms with E-state index < -0.39 is 5.82 Å². The van der Waals surface area contributed by atoms with Gasteiger partial charge < -0.3 is 19.9 Å². The second kappa shape index (κ2) is 7.35. The molecule has 1 aromatic carbocycles. The van der Waals surface area contributed by atoms with E-state index in [1.165, 1.54) is 6.07 Å². The van der Waals surface area contributed by atoms with Gasteiger partial charge >= 0.3 is 0 Å². The van der Waals surface area contributed by atoms with Gasteiger partial charge in [-0.25, -0.2) is 9.37 Å². The molecule has 0 spiro atoms. The number of hydrogen-bond donors (Lipinski definition) is 2. The molecule has 2 N–H and O–H groups in total. The fourth-order valence-corrected chi connectivity index (χ4v) is 4.28. The number of anilines is 2. The molecule has 1 saturated heterocycles. The van der Waals surface area contributed by atoms with Gasteiger partial charge in [0.05, 0.1) is 16.9 Å². The Morgan fingerprint density at radius 2 is 2.13 bits per heavy atom. The third-order valence-corrected chi connectivity index (χ3v) is 5.71. The van der Waals surface area contributed by atoms with Crippen molar-refractivity contribution >= 4 is 33.8 Å². The van der Waals surface area contributed by atoms with Crippen LogP contribution in [0.5, 0.6) is 0 Å². The second-order valence-corrected chi connectivity index (χ2v) is 8.09. The Hall–Kier alpha value is -3.46. The van der Waals surface area contributed by atoms with E-state index in [0.717, 1.165) is 30.7 Å². The lowest BCUT2D eigenvalue weighted by Crippen LogP contribution is -2.50. The number of halogens is 1. The van der Waals surface area contributed by atoms with E-state index >= 15 is 0 Å². The molecule has 3 aromatic heterocycles. The predicted octanol–water partition coefficient (Wildman–Crippen LogP) is 2.72. The Labute approximate surface area is 178 Å². The van der Waals surface area contributed by atoms with Crippen LogP contribution in [0.1, 0.15) is 23.0 Å². The van der Waals surface area contributed by atoms with Gasteiger partial charge in [-0.3, -0.25) is 9.48 Å². The van der Waals surface area contributed by atoms with Crippen molar-refractivity contribution in [2.45, 2.75) is 19.9 Å². The molecule has 0 saturated carbocycles. The Balaban J connectivity index is 1.51. The summed E-state index contributed by atoms with van der Waals surface area (Å²) in [7, 11) is 1.84. The molecule has 1 fully saturated rings. The van der Waals surface area contributed by atoms with Crippen molar-refractivity contribution in [2.75, 3.05) is 29.9 Å². The van der Waals surface area contributed by atoms with Crippen LogP contribution in [-0.2, 0) is 7.05 Å². The molecule has 160 valence electrons. The number of aromatic nitrogens is 4. The van der Waals surface area contributed by atoms with Crippen LogP contribution < -0.4 is 15.5 Å². The number of carbonyl (C=O) groups is 1. The summed E-state index contributed by atoms with van der Waals surface area (Å²) in [6.07, 6.45) is 5.31. The molecular weight excluding hydrogens is 397 g/mol. The first-order chi connectivity index (χ1) is 14.9. The van der Waals surface area contributed by atoms with E-state index in [2.05, 4.69) is 32.5 Å². The highest BCUT2D eigenvalue weighted by atomic mass is 19.1. The molecule has 1 unspecified atom stereocenters. The zero-order valence-electron chi connectivity index (χ0n) is 17.7. The zero-order chi connectivity index (χ0) is 21.7. The summed E-state index contributed by atoms with van der Waals surface area (Å²) in [5, 5.41) is 11.7. The Bertz CT molecular complexity index is 1310. The Kier molecular flexibility index (Phi) is 4.62. The Morgan fingerprint density at radius 3 is 2.94 bits per heavy atom. The van der Waals surface area contributed by atoms with Gasteiger partial charge in [0.1, 0.15) is 5.52 Å². The third-order valence-electron chi connectivity index (χ3n) is 5.71. The van der Waals surface area contributed by atoms with Gasteiger partial charge in [-0.15, -0.1) is 0 Å². The van der Waals surface area contributed by atoms with Crippen LogP contribution in [-0.4, -0.2) is 50.7 Å². The topological polar surface area (TPSA) is 79.5 Å². The van der Waals surface area contributed by atoms with Gasteiger partial charge in [-0.05, 0) is 26.0 Å². The highest BCUT2D eigenvalue weighted by Gasteiger charge is 2.23. The molecule has 8 nitrogen and oxygen atoms in total. The molecule has 5 rings (SSSR count). The molecule has 1 aliphatic rings. The summed E-state index contributed by atoms with van der Waals surface area (Å²) < 4.78 is 17.7. The van der Waals surface area contributed by atoms with Crippen molar-refractivity contribution in [3.63, 3.8) is 0 Å². The maximum absolute atomic E-state index is 14.4. The van der Waals surface area contributed by atoms with Gasteiger partial charge in [0.2, 0.25) is 0 Å². The summed E-state index contributed by atoms with van der Waals surface area (Å²) in [6.45, 7) is 6.68. The number of amides is 1. The predicted molar refractivity (Wildman–Crippen MR) is 118 cm³/mol. The van der Waals surface area contributed by atoms with E-state index in [1.807, 2.05) is 19.3 Å². The molecular formula is C22H24FN7O. The standard InChI is InChI=1S/C22H24FN7O/c1-13-10-29-11-15(8-18(23)21(29)25-13)26-22(31)16-4-5-19(17-12-28(3)27-20(16)17)30-7-6-24-9-14(30)2/h4-5,8,10-12,14,24H,6-7,9H2,1-3H3,(H,26,31). The number of hydrogen-bond acceptors (Lipinski definition) is 5. The van der Waals surface area contributed by atoms with Crippen molar-refractivity contribution in [1.82, 2.24) is 24.5 Å². The minimum absolute atomic E-state index is 0.233. The monoisotopic (exact) mass is 421 g/mol. The SMILES string of the molecule is Cc1cn2cc(NC(=O)c3ccc(N4CCNCC4C)c4cn(C)nc34)cc(F)c2n1. The van der Waals surface area contributed by atoms with Gasteiger partial charge in [-0.1, -0.05) is 0 Å². The van der Waals surface area contributed by atoms with E-state index in [9.17, 15) is 9.18 Å². The Morgan fingerprint density at radius 1 is 1.29 bits per heavy atom. The summed E-state index contributed by atoms with van der Waals surface area (Å²) in [6, 6.07) is 5.39. The first-order valence-electron chi connectivity index (χ1n) is 10.3. The van der Waals surface area contributed by atoms with E-state index in [0.29, 0.717) is 28.5 Å². The van der Waals surface area contributed by atoms with Crippen molar-refractivity contribution in [1.29, 1.82) is 0 Å². The number of benzene rings is 1. The largest absolute Gasteiger partial charge is 0.366 e. The number of imidazole rings is 1. The number of nitrogens with zero attached hydrogens (tertiary/aromatic N) is 5. The second-order valence-electron chi connectivity index (χ2n) is 8.09. The molecule has 0 bridgehead atoms. The van der Waals surface area contributed by atoms with Gasteiger partial charge in [0.15, 0.2) is 11.5 Å². The molecule has 4 aromatic rings. The molecule has 0 aliphatic carbocycles. The molecule has 1 aliphatic heterocycles. The van der Waals surface area contributed by atoms with Crippen LogP contribution >= 0.6 is 0 Å². The first kappa shape index (κ1) is 19.5. The number of piperazine rings is 1. The van der Waals surface area contributed by atoms with Crippen molar-refractivity contribution < 1.29 is 9.18 Å². The highest BCUT2D eigenvalue weighted by molar-refractivity contribution is 6.13. The minimum Gasteiger partial charge on any atom is -0.366 e. The van der Waals surface area contributed by atoms with Crippen molar-refractivity contribution in [3.05, 3.63) is 53.9 Å². The van der Waals surface area contributed by atoms with Crippen LogP contribution in [0.4, 0.5) is 15.8 Å². The highest BCUT2D eigenvalue weighted by Crippen LogP contribution is 2.31. The lowest BCUT2D eigenvalue weighted by atomic mass is 10.1. The van der Waals surface area contributed by atoms with E-state index in [1.54, 1.807) is 34.5 Å². The normalized spacial score (nSPS) is 16.9. The van der Waals surface area contributed by atoms with Gasteiger partial charge in [0, 0.05) is 68.5 Å². The number of fused-ring (bicyclic) bond motifs is 2. The summed E-state index contributed by atoms with van der Waals surface area (Å²) in [5.74, 6) is -0.823. The van der Waals surface area contributed by atoms with E-state index in [4.69, 9.17) is 0 Å². The zero-order valence-corrected chi connectivity index (χ0v) is 17.7. The van der Waals surface area contributed by atoms with Crippen LogP contribution in [0.3, 0.4) is 0 Å². The number of aryl methyl sites for hydroxylation is 2. The smallest absolute Gasteiger partial charge is 0.257 e. The summed E-state index contributed by atoms with van der Waals surface area (Å²) in [5.41, 5.74) is 3.44. The molecule has 1 atom stereocenters. The lowest BCUT2D eigenvalue weighted by molar-refractivity contribution is 0.102. The molecule has 31 heavy (non-hydrogen) atoms. The van der Waals surface area contributed by atoms with Crippen LogP contribution in [0.15, 0.2) is 36.8 Å². The van der Waals surface area contributed by atoms with Gasteiger partial charge in [0.25, 0.3) is 5.91 Å². The van der Waals surface area contributed by atoms with Crippen LogP contribution in [0.25, 0.3) is 16.6 Å². The molecule has 1 amide bonds. The molecule has 0 radical (unpaired) electrons. The number of pyridine rings is 1. The third kappa shape index (κ3) is 3.40. The number of rotatable bonds is 3. The maximum Gasteiger partial charge on any atom is 0.257 e. The summed E-state index contributed by atoms with van der Waals surface area (Å²) in [4.78, 5) is 19.6. The maximum atomic E-state index is 14.4. The van der Waals surface area contributed by atoms with Crippen LogP contribution in [0.2, 0.25) is 0 Å². The minimum atomic E-state index is -0.489. The lowest BCUT2D eigenvalue weighted by Gasteiger charge is -2.36. The van der Waals surface area contributed by atoms with Crippen molar-refractivity contribution in [3.8, 4) is 0 Å². The van der Waals surface area contributed by atoms with E-state index in [-0.39, 0.29) is 11.6 Å². The fourth-order valence-electron chi connectivity index (χ4n) is 4.28. The number of carbonyl (C=O) groups excluding carboxylic acids is 1. The van der Waals surface area contributed by atoms with Gasteiger partial charge in [-0.2, -0.15) is 5.10 Å². The number of nitrogens with one attached hydrogen (secondary N) is 2. The average Bonchev–Trinajstić information content (AvgIpc) is 3.29.